The SMILES string of the molecule is COCCn1c(SC2CCCCNC2=O)nc2cc(Cl)ccc2c1=O. The highest BCUT2D eigenvalue weighted by molar-refractivity contribution is 8.00. The molecule has 2 aromatic rings. The second-order valence-corrected chi connectivity index (χ2v) is 7.51. The van der Waals surface area contributed by atoms with Crippen LogP contribution in [-0.2, 0) is 16.1 Å². The Morgan fingerprint density at radius 1 is 1.40 bits per heavy atom. The van der Waals surface area contributed by atoms with E-state index in [0.29, 0.717) is 40.8 Å². The summed E-state index contributed by atoms with van der Waals surface area (Å²) >= 11 is 7.38. The Labute approximate surface area is 154 Å². The Morgan fingerprint density at radius 2 is 2.24 bits per heavy atom. The van der Waals surface area contributed by atoms with Gasteiger partial charge in [0.25, 0.3) is 5.56 Å². The van der Waals surface area contributed by atoms with Crippen molar-refractivity contribution in [3.8, 4) is 0 Å². The molecule has 0 spiro atoms. The summed E-state index contributed by atoms with van der Waals surface area (Å²) in [7, 11) is 1.59. The highest BCUT2D eigenvalue weighted by Crippen LogP contribution is 2.28. The second-order valence-electron chi connectivity index (χ2n) is 5.90. The van der Waals surface area contributed by atoms with Gasteiger partial charge in [-0.2, -0.15) is 0 Å². The summed E-state index contributed by atoms with van der Waals surface area (Å²) in [5.41, 5.74) is 0.401. The van der Waals surface area contributed by atoms with Crippen LogP contribution in [0.2, 0.25) is 5.02 Å². The van der Waals surface area contributed by atoms with Crippen LogP contribution in [0.15, 0.2) is 28.2 Å². The first-order valence-corrected chi connectivity index (χ1v) is 9.49. The molecule has 1 aliphatic heterocycles. The average Bonchev–Trinajstić information content (AvgIpc) is 2.79. The number of nitrogens with one attached hydrogen (secondary N) is 1. The fourth-order valence-electron chi connectivity index (χ4n) is 2.79. The van der Waals surface area contributed by atoms with Gasteiger partial charge in [-0.1, -0.05) is 29.8 Å². The van der Waals surface area contributed by atoms with E-state index >= 15 is 0 Å². The minimum absolute atomic E-state index is 0.00114. The molecule has 1 N–H and O–H groups in total. The maximum absolute atomic E-state index is 12.9. The fraction of sp³-hybridized carbons (Fsp3) is 0.471. The third-order valence-corrected chi connectivity index (χ3v) is 5.63. The number of carbonyl (C=O) groups is 1. The lowest BCUT2D eigenvalue weighted by atomic mass is 10.2. The number of carbonyl (C=O) groups excluding carboxylic acids is 1. The number of fused-ring (bicyclic) bond motifs is 1. The summed E-state index contributed by atoms with van der Waals surface area (Å²) in [4.78, 5) is 29.7. The van der Waals surface area contributed by atoms with E-state index in [4.69, 9.17) is 16.3 Å². The van der Waals surface area contributed by atoms with E-state index < -0.39 is 0 Å². The first-order valence-electron chi connectivity index (χ1n) is 8.23. The molecule has 1 saturated heterocycles. The minimum Gasteiger partial charge on any atom is -0.383 e. The zero-order valence-corrected chi connectivity index (χ0v) is 15.5. The molecule has 1 aliphatic rings. The van der Waals surface area contributed by atoms with Crippen molar-refractivity contribution in [1.29, 1.82) is 0 Å². The van der Waals surface area contributed by atoms with Crippen molar-refractivity contribution in [3.05, 3.63) is 33.6 Å². The van der Waals surface area contributed by atoms with Gasteiger partial charge >= 0.3 is 0 Å². The molecule has 1 aromatic heterocycles. The van der Waals surface area contributed by atoms with E-state index in [1.807, 2.05) is 0 Å². The van der Waals surface area contributed by atoms with Gasteiger partial charge in [-0.15, -0.1) is 0 Å². The van der Waals surface area contributed by atoms with Gasteiger partial charge in [0.15, 0.2) is 5.16 Å². The molecule has 1 fully saturated rings. The minimum atomic E-state index is -0.250. The van der Waals surface area contributed by atoms with Crippen LogP contribution in [0.25, 0.3) is 10.9 Å². The van der Waals surface area contributed by atoms with Gasteiger partial charge < -0.3 is 10.1 Å². The molecule has 134 valence electrons. The average molecular weight is 382 g/mol. The van der Waals surface area contributed by atoms with Gasteiger partial charge in [-0.05, 0) is 31.0 Å². The fourth-order valence-corrected chi connectivity index (χ4v) is 4.14. The molecular weight excluding hydrogens is 362 g/mol. The predicted molar refractivity (Wildman–Crippen MR) is 99.4 cm³/mol. The van der Waals surface area contributed by atoms with E-state index in [-0.39, 0.29) is 16.7 Å². The number of nitrogens with zero attached hydrogens (tertiary/aromatic N) is 2. The monoisotopic (exact) mass is 381 g/mol. The molecular formula is C17H20ClN3O3S. The summed E-state index contributed by atoms with van der Waals surface area (Å²) in [6.45, 7) is 1.48. The van der Waals surface area contributed by atoms with E-state index in [2.05, 4.69) is 10.3 Å². The third-order valence-electron chi connectivity index (χ3n) is 4.13. The van der Waals surface area contributed by atoms with Crippen molar-refractivity contribution in [2.75, 3.05) is 20.3 Å². The van der Waals surface area contributed by atoms with Gasteiger partial charge in [0.05, 0.1) is 29.3 Å². The Hall–Kier alpha value is -1.57. The molecule has 6 nitrogen and oxygen atoms in total. The predicted octanol–water partition coefficient (Wildman–Crippen LogP) is 2.46. The zero-order chi connectivity index (χ0) is 17.8. The molecule has 0 radical (unpaired) electrons. The molecule has 3 rings (SSSR count). The summed E-state index contributed by atoms with van der Waals surface area (Å²) in [5.74, 6) is 0.00114. The molecule has 1 amide bonds. The smallest absolute Gasteiger partial charge is 0.262 e. The van der Waals surface area contributed by atoms with Crippen molar-refractivity contribution in [2.45, 2.75) is 36.2 Å². The largest absolute Gasteiger partial charge is 0.383 e. The number of methoxy groups -OCH3 is 1. The lowest BCUT2D eigenvalue weighted by molar-refractivity contribution is -0.120. The molecule has 1 unspecified atom stereocenters. The summed E-state index contributed by atoms with van der Waals surface area (Å²) in [6.07, 6.45) is 2.71. The Balaban J connectivity index is 2.04. The van der Waals surface area contributed by atoms with Crippen molar-refractivity contribution in [1.82, 2.24) is 14.9 Å². The van der Waals surface area contributed by atoms with Gasteiger partial charge in [0.1, 0.15) is 0 Å². The van der Waals surface area contributed by atoms with Crippen molar-refractivity contribution >= 4 is 40.2 Å². The van der Waals surface area contributed by atoms with Crippen LogP contribution in [0.1, 0.15) is 19.3 Å². The maximum Gasteiger partial charge on any atom is 0.262 e. The molecule has 1 aromatic carbocycles. The van der Waals surface area contributed by atoms with Crippen LogP contribution in [-0.4, -0.2) is 41.0 Å². The maximum atomic E-state index is 12.9. The quantitative estimate of drug-likeness (QED) is 0.805. The summed E-state index contributed by atoms with van der Waals surface area (Å²) in [5, 5.41) is 4.23. The highest BCUT2D eigenvalue weighted by Gasteiger charge is 2.24. The molecule has 25 heavy (non-hydrogen) atoms. The Kier molecular flexibility index (Phi) is 5.98. The van der Waals surface area contributed by atoms with E-state index in [0.717, 1.165) is 19.3 Å². The number of ether oxygens (including phenoxy) is 1. The number of thioether (sulfide) groups is 1. The summed E-state index contributed by atoms with van der Waals surface area (Å²) < 4.78 is 6.71. The molecule has 2 heterocycles. The highest BCUT2D eigenvalue weighted by atomic mass is 35.5. The van der Waals surface area contributed by atoms with Crippen LogP contribution in [0, 0.1) is 0 Å². The molecule has 0 saturated carbocycles. The standard InChI is InChI=1S/C17H20ClN3O3S/c1-24-9-8-21-16(23)12-6-5-11(18)10-13(12)20-17(21)25-14-4-2-3-7-19-15(14)22/h5-6,10,14H,2-4,7-9H2,1H3,(H,19,22). The number of benzene rings is 1. The first-order chi connectivity index (χ1) is 12.1. The van der Waals surface area contributed by atoms with E-state index in [1.54, 1.807) is 29.9 Å². The van der Waals surface area contributed by atoms with Gasteiger partial charge in [0.2, 0.25) is 5.91 Å². The van der Waals surface area contributed by atoms with Crippen molar-refractivity contribution in [2.24, 2.45) is 0 Å². The number of hydrogen-bond donors (Lipinski definition) is 1. The van der Waals surface area contributed by atoms with Crippen molar-refractivity contribution in [3.63, 3.8) is 0 Å². The lowest BCUT2D eigenvalue weighted by Gasteiger charge is -2.17. The van der Waals surface area contributed by atoms with Crippen LogP contribution in [0.3, 0.4) is 0 Å². The second kappa shape index (κ2) is 8.21. The summed E-state index contributed by atoms with van der Waals surface area (Å²) in [6, 6.07) is 5.04. The third kappa shape index (κ3) is 4.16. The van der Waals surface area contributed by atoms with Crippen LogP contribution >= 0.6 is 23.4 Å². The molecule has 8 heteroatoms. The van der Waals surface area contributed by atoms with E-state index in [9.17, 15) is 9.59 Å². The van der Waals surface area contributed by atoms with Gasteiger partial charge in [-0.3, -0.25) is 14.2 Å². The number of hydrogen-bond acceptors (Lipinski definition) is 5. The number of amides is 1. The van der Waals surface area contributed by atoms with Gasteiger partial charge in [-0.25, -0.2) is 4.98 Å². The number of aromatic nitrogens is 2. The topological polar surface area (TPSA) is 73.2 Å². The van der Waals surface area contributed by atoms with Crippen molar-refractivity contribution < 1.29 is 9.53 Å². The number of halogens is 1. The van der Waals surface area contributed by atoms with Crippen LogP contribution < -0.4 is 10.9 Å². The van der Waals surface area contributed by atoms with Gasteiger partial charge in [0, 0.05) is 18.7 Å². The zero-order valence-electron chi connectivity index (χ0n) is 14.0. The Morgan fingerprint density at radius 3 is 3.04 bits per heavy atom. The lowest BCUT2D eigenvalue weighted by Crippen LogP contribution is -2.32. The van der Waals surface area contributed by atoms with E-state index in [1.165, 1.54) is 11.8 Å². The normalized spacial score (nSPS) is 18.2. The molecule has 1 atom stereocenters. The van der Waals surface area contributed by atoms with Crippen LogP contribution in [0.4, 0.5) is 0 Å². The first kappa shape index (κ1) is 18.2. The Bertz CT molecular complexity index is 840. The van der Waals surface area contributed by atoms with Crippen LogP contribution in [0.5, 0.6) is 0 Å². The molecule has 0 aliphatic carbocycles. The molecule has 0 bridgehead atoms. The number of rotatable bonds is 5.